The smallest absolute Gasteiger partial charge is 0.346 e. The van der Waals surface area contributed by atoms with Crippen molar-refractivity contribution in [1.82, 2.24) is 0 Å². The fourth-order valence-corrected chi connectivity index (χ4v) is 2.21. The van der Waals surface area contributed by atoms with E-state index in [0.717, 1.165) is 0 Å². The predicted octanol–water partition coefficient (Wildman–Crippen LogP) is 2.17. The van der Waals surface area contributed by atoms with Crippen molar-refractivity contribution >= 4 is 22.7 Å². The van der Waals surface area contributed by atoms with E-state index in [2.05, 4.69) is 0 Å². The molecule has 3 rings (SSSR count). The van der Waals surface area contributed by atoms with Crippen molar-refractivity contribution in [3.05, 3.63) is 35.4 Å². The Kier molecular flexibility index (Phi) is 2.41. The van der Waals surface area contributed by atoms with Crippen LogP contribution in [0.15, 0.2) is 24.3 Å². The fourth-order valence-electron chi connectivity index (χ4n) is 2.21. The van der Waals surface area contributed by atoms with E-state index in [1.54, 1.807) is 24.3 Å². The van der Waals surface area contributed by atoms with Gasteiger partial charge in [-0.1, -0.05) is 0 Å². The second-order valence-corrected chi connectivity index (χ2v) is 4.13. The molecule has 0 radical (unpaired) electrons. The minimum Gasteiger partial charge on any atom is -0.497 e. The molecule has 1 aliphatic rings. The third kappa shape index (κ3) is 1.62. The summed E-state index contributed by atoms with van der Waals surface area (Å²) in [6.45, 7) is 0. The first-order valence-corrected chi connectivity index (χ1v) is 5.60. The van der Waals surface area contributed by atoms with Crippen molar-refractivity contribution in [3.8, 4) is 11.5 Å². The van der Waals surface area contributed by atoms with Crippen LogP contribution in [0, 0.1) is 0 Å². The number of carbonyl (C=O) groups is 2. The molecule has 96 valence electrons. The number of cyclic esters (lactones) is 2. The molecule has 0 bridgehead atoms. The third-order valence-electron chi connectivity index (χ3n) is 3.09. The molecular weight excluding hydrogens is 248 g/mol. The lowest BCUT2D eigenvalue weighted by Crippen LogP contribution is -2.19. The molecule has 19 heavy (non-hydrogen) atoms. The van der Waals surface area contributed by atoms with Crippen molar-refractivity contribution in [2.75, 3.05) is 14.2 Å². The van der Waals surface area contributed by atoms with Gasteiger partial charge in [0.25, 0.3) is 0 Å². The predicted molar refractivity (Wildman–Crippen MR) is 66.8 cm³/mol. The van der Waals surface area contributed by atoms with Crippen LogP contribution < -0.4 is 9.47 Å². The summed E-state index contributed by atoms with van der Waals surface area (Å²) in [7, 11) is 3.02. The highest BCUT2D eigenvalue weighted by atomic mass is 16.6. The van der Waals surface area contributed by atoms with Crippen LogP contribution in [-0.2, 0) is 4.74 Å². The number of methoxy groups -OCH3 is 2. The molecule has 5 nitrogen and oxygen atoms in total. The van der Waals surface area contributed by atoms with E-state index < -0.39 is 11.9 Å². The van der Waals surface area contributed by atoms with E-state index in [4.69, 9.17) is 14.2 Å². The van der Waals surface area contributed by atoms with E-state index >= 15 is 0 Å². The Morgan fingerprint density at radius 1 is 0.842 bits per heavy atom. The summed E-state index contributed by atoms with van der Waals surface area (Å²) in [5, 5.41) is 1.27. The van der Waals surface area contributed by atoms with Crippen molar-refractivity contribution in [2.24, 2.45) is 0 Å². The van der Waals surface area contributed by atoms with Gasteiger partial charge in [-0.2, -0.15) is 0 Å². The fraction of sp³-hybridized carbons (Fsp3) is 0.143. The van der Waals surface area contributed by atoms with Crippen molar-refractivity contribution in [3.63, 3.8) is 0 Å². The highest BCUT2D eigenvalue weighted by Crippen LogP contribution is 2.35. The first-order chi connectivity index (χ1) is 9.13. The van der Waals surface area contributed by atoms with E-state index in [-0.39, 0.29) is 0 Å². The van der Waals surface area contributed by atoms with Crippen molar-refractivity contribution in [1.29, 1.82) is 0 Å². The molecule has 2 aromatic rings. The van der Waals surface area contributed by atoms with Crippen LogP contribution in [0.2, 0.25) is 0 Å². The Morgan fingerprint density at radius 2 is 1.32 bits per heavy atom. The van der Waals surface area contributed by atoms with Crippen LogP contribution in [0.1, 0.15) is 20.7 Å². The van der Waals surface area contributed by atoms with E-state index in [0.29, 0.717) is 33.4 Å². The second-order valence-electron chi connectivity index (χ2n) is 4.13. The standard InChI is InChI=1S/C14H10O5/c1-17-8-3-7-4-9(18-2)6-11-12(7)10(5-8)13(15)19-14(11)16/h3-6H,1-2H3. The minimum atomic E-state index is -0.661. The molecule has 0 atom stereocenters. The lowest BCUT2D eigenvalue weighted by Gasteiger charge is -2.17. The zero-order chi connectivity index (χ0) is 13.6. The van der Waals surface area contributed by atoms with Gasteiger partial charge in [0.1, 0.15) is 11.5 Å². The molecule has 2 aromatic carbocycles. The summed E-state index contributed by atoms with van der Waals surface area (Å²) >= 11 is 0. The second kappa shape index (κ2) is 3.98. The molecule has 1 aliphatic heterocycles. The first-order valence-electron chi connectivity index (χ1n) is 5.60. The van der Waals surface area contributed by atoms with Crippen LogP contribution in [0.25, 0.3) is 10.8 Å². The lowest BCUT2D eigenvalue weighted by molar-refractivity contribution is 0.0390. The number of ether oxygens (including phenoxy) is 3. The zero-order valence-electron chi connectivity index (χ0n) is 10.4. The van der Waals surface area contributed by atoms with Gasteiger partial charge >= 0.3 is 11.9 Å². The van der Waals surface area contributed by atoms with Gasteiger partial charge in [-0.15, -0.1) is 0 Å². The molecule has 0 aliphatic carbocycles. The van der Waals surface area contributed by atoms with Crippen LogP contribution in [0.4, 0.5) is 0 Å². The molecule has 0 aromatic heterocycles. The number of benzene rings is 2. The molecule has 0 saturated carbocycles. The SMILES string of the molecule is COc1cc2c3c(cc(OC)cc3c1)C(=O)OC2=O. The molecule has 5 heteroatoms. The Balaban J connectivity index is 2.45. The van der Waals surface area contributed by atoms with Crippen molar-refractivity contribution < 1.29 is 23.8 Å². The largest absolute Gasteiger partial charge is 0.497 e. The van der Waals surface area contributed by atoms with Crippen molar-refractivity contribution in [2.45, 2.75) is 0 Å². The quantitative estimate of drug-likeness (QED) is 0.610. The molecular formula is C14H10O5. The summed E-state index contributed by atoms with van der Waals surface area (Å²) in [6.07, 6.45) is 0. The lowest BCUT2D eigenvalue weighted by atomic mass is 9.96. The van der Waals surface area contributed by atoms with Crippen LogP contribution in [0.5, 0.6) is 11.5 Å². The highest BCUT2D eigenvalue weighted by Gasteiger charge is 2.28. The van der Waals surface area contributed by atoms with Gasteiger partial charge in [0.2, 0.25) is 0 Å². The maximum Gasteiger partial charge on any atom is 0.346 e. The topological polar surface area (TPSA) is 61.8 Å². The van der Waals surface area contributed by atoms with E-state index in [1.807, 2.05) is 0 Å². The van der Waals surface area contributed by atoms with Gasteiger partial charge in [-0.25, -0.2) is 9.59 Å². The van der Waals surface area contributed by atoms with E-state index in [9.17, 15) is 9.59 Å². The first kappa shape index (κ1) is 11.5. The Morgan fingerprint density at radius 3 is 1.74 bits per heavy atom. The van der Waals surface area contributed by atoms with Crippen LogP contribution in [0.3, 0.4) is 0 Å². The summed E-state index contributed by atoms with van der Waals surface area (Å²) in [5.41, 5.74) is 0.651. The molecule has 0 amide bonds. The van der Waals surface area contributed by atoms with Gasteiger partial charge in [-0.3, -0.25) is 0 Å². The Hall–Kier alpha value is -2.56. The molecule has 0 unspecified atom stereocenters. The molecule has 0 fully saturated rings. The van der Waals surface area contributed by atoms with Crippen LogP contribution >= 0.6 is 0 Å². The van der Waals surface area contributed by atoms with Gasteiger partial charge in [0.15, 0.2) is 0 Å². The summed E-state index contributed by atoms with van der Waals surface area (Å²) in [6, 6.07) is 6.62. The molecule has 0 N–H and O–H groups in total. The molecule has 1 heterocycles. The van der Waals surface area contributed by atoms with Gasteiger partial charge in [-0.05, 0) is 29.7 Å². The number of hydrogen-bond donors (Lipinski definition) is 0. The number of carbonyl (C=O) groups excluding carboxylic acids is 2. The van der Waals surface area contributed by atoms with Gasteiger partial charge in [0, 0.05) is 5.39 Å². The average Bonchev–Trinajstić information content (AvgIpc) is 2.43. The number of esters is 2. The number of rotatable bonds is 2. The summed E-state index contributed by atoms with van der Waals surface area (Å²) in [4.78, 5) is 23.6. The minimum absolute atomic E-state index is 0.326. The summed E-state index contributed by atoms with van der Waals surface area (Å²) < 4.78 is 15.0. The van der Waals surface area contributed by atoms with Gasteiger partial charge in [0.05, 0.1) is 25.3 Å². The van der Waals surface area contributed by atoms with Crippen LogP contribution in [-0.4, -0.2) is 26.2 Å². The van der Waals surface area contributed by atoms with E-state index in [1.165, 1.54) is 14.2 Å². The number of hydrogen-bond acceptors (Lipinski definition) is 5. The maximum atomic E-state index is 11.8. The molecule has 0 spiro atoms. The maximum absolute atomic E-state index is 11.8. The average molecular weight is 258 g/mol. The Labute approximate surface area is 108 Å². The monoisotopic (exact) mass is 258 g/mol. The summed E-state index contributed by atoms with van der Waals surface area (Å²) in [5.74, 6) is -0.279. The Bertz CT molecular complexity index is 661. The molecule has 0 saturated heterocycles. The normalized spacial score (nSPS) is 13.4. The highest BCUT2D eigenvalue weighted by molar-refractivity contribution is 6.21. The van der Waals surface area contributed by atoms with Gasteiger partial charge < -0.3 is 14.2 Å². The third-order valence-corrected chi connectivity index (χ3v) is 3.09. The zero-order valence-corrected chi connectivity index (χ0v) is 10.4.